The second-order valence-corrected chi connectivity index (χ2v) is 8.25. The lowest BCUT2D eigenvalue weighted by molar-refractivity contribution is -0.152. The van der Waals surface area contributed by atoms with Gasteiger partial charge < -0.3 is 14.4 Å². The predicted molar refractivity (Wildman–Crippen MR) is 131 cm³/mol. The SMILES string of the molecule is COC(=O)CC(C)=N[C@H]1C(=O)N(C(c2ccccc2)c2ccccc2)[C@H]1c1ccc(OC)cc1. The van der Waals surface area contributed by atoms with Gasteiger partial charge in [-0.2, -0.15) is 0 Å². The molecule has 0 radical (unpaired) electrons. The fourth-order valence-electron chi connectivity index (χ4n) is 4.40. The molecule has 1 amide bonds. The summed E-state index contributed by atoms with van der Waals surface area (Å²) < 4.78 is 10.1. The highest BCUT2D eigenvalue weighted by atomic mass is 16.5. The number of likely N-dealkylation sites (tertiary alicyclic amines) is 1. The Morgan fingerprint density at radius 3 is 1.97 bits per heavy atom. The summed E-state index contributed by atoms with van der Waals surface area (Å²) in [7, 11) is 2.97. The molecule has 0 unspecified atom stereocenters. The van der Waals surface area contributed by atoms with Crippen LogP contribution < -0.4 is 4.74 Å². The van der Waals surface area contributed by atoms with Gasteiger partial charge in [0.05, 0.1) is 32.7 Å². The number of rotatable bonds is 8. The van der Waals surface area contributed by atoms with Gasteiger partial charge in [-0.15, -0.1) is 0 Å². The number of carbonyl (C=O) groups excluding carboxylic acids is 2. The van der Waals surface area contributed by atoms with Gasteiger partial charge in [-0.05, 0) is 35.7 Å². The van der Waals surface area contributed by atoms with Gasteiger partial charge in [0.15, 0.2) is 6.04 Å². The van der Waals surface area contributed by atoms with E-state index in [0.717, 1.165) is 22.4 Å². The molecule has 0 spiro atoms. The summed E-state index contributed by atoms with van der Waals surface area (Å²) in [6.45, 7) is 1.75. The van der Waals surface area contributed by atoms with Crippen LogP contribution in [0.3, 0.4) is 0 Å². The van der Waals surface area contributed by atoms with Crippen LogP contribution in [-0.4, -0.2) is 42.7 Å². The zero-order valence-corrected chi connectivity index (χ0v) is 19.5. The highest BCUT2D eigenvalue weighted by Gasteiger charge is 2.51. The zero-order valence-electron chi connectivity index (χ0n) is 19.5. The van der Waals surface area contributed by atoms with Crippen LogP contribution in [0.15, 0.2) is 89.9 Å². The number of hydrogen-bond donors (Lipinski definition) is 0. The molecule has 0 saturated carbocycles. The molecule has 174 valence electrons. The summed E-state index contributed by atoms with van der Waals surface area (Å²) in [5.41, 5.74) is 3.57. The summed E-state index contributed by atoms with van der Waals surface area (Å²) in [5.74, 6) is 0.283. The average molecular weight is 457 g/mol. The Hall–Kier alpha value is -3.93. The van der Waals surface area contributed by atoms with Crippen LogP contribution in [0.25, 0.3) is 0 Å². The molecule has 3 aromatic carbocycles. The number of amides is 1. The van der Waals surface area contributed by atoms with Crippen LogP contribution in [0.2, 0.25) is 0 Å². The predicted octanol–water partition coefficient (Wildman–Crippen LogP) is 4.76. The molecule has 0 aliphatic carbocycles. The molecule has 3 aromatic rings. The molecular formula is C28H28N2O4. The highest BCUT2D eigenvalue weighted by molar-refractivity contribution is 6.00. The van der Waals surface area contributed by atoms with Crippen molar-refractivity contribution in [3.05, 3.63) is 102 Å². The van der Waals surface area contributed by atoms with Crippen LogP contribution in [0.4, 0.5) is 0 Å². The maximum Gasteiger partial charge on any atom is 0.311 e. The van der Waals surface area contributed by atoms with E-state index in [2.05, 4.69) is 4.99 Å². The Morgan fingerprint density at radius 1 is 0.912 bits per heavy atom. The molecule has 1 heterocycles. The number of nitrogens with zero attached hydrogens (tertiary/aromatic N) is 2. The number of ether oxygens (including phenoxy) is 2. The minimum absolute atomic E-state index is 0.0520. The first-order valence-corrected chi connectivity index (χ1v) is 11.2. The quantitative estimate of drug-likeness (QED) is 0.278. The molecule has 1 fully saturated rings. The summed E-state index contributed by atoms with van der Waals surface area (Å²) in [6, 6.07) is 26.5. The largest absolute Gasteiger partial charge is 0.497 e. The summed E-state index contributed by atoms with van der Waals surface area (Å²) in [5, 5.41) is 0. The van der Waals surface area contributed by atoms with Crippen molar-refractivity contribution in [2.45, 2.75) is 31.5 Å². The van der Waals surface area contributed by atoms with E-state index in [9.17, 15) is 9.59 Å². The van der Waals surface area contributed by atoms with Gasteiger partial charge in [0.25, 0.3) is 5.91 Å². The van der Waals surface area contributed by atoms with Crippen LogP contribution in [0.5, 0.6) is 5.75 Å². The molecule has 4 rings (SSSR count). The van der Waals surface area contributed by atoms with E-state index in [0.29, 0.717) is 5.71 Å². The van der Waals surface area contributed by atoms with E-state index in [4.69, 9.17) is 9.47 Å². The Bertz CT molecular complexity index is 1120. The lowest BCUT2D eigenvalue weighted by atomic mass is 9.83. The standard InChI is InChI=1S/C28H28N2O4/c1-19(18-24(31)34-3)29-25-27(22-14-16-23(33-2)17-15-22)30(28(25)32)26(20-10-6-4-7-11-20)21-12-8-5-9-13-21/h4-17,25-27H,18H2,1-3H3/t25-,27+/m1/s1. The summed E-state index contributed by atoms with van der Waals surface area (Å²) in [4.78, 5) is 31.9. The van der Waals surface area contributed by atoms with Gasteiger partial charge in [-0.1, -0.05) is 72.8 Å². The lowest BCUT2D eigenvalue weighted by Crippen LogP contribution is -2.59. The van der Waals surface area contributed by atoms with Crippen molar-refractivity contribution in [2.24, 2.45) is 4.99 Å². The summed E-state index contributed by atoms with van der Waals surface area (Å²) >= 11 is 0. The Morgan fingerprint density at radius 2 is 1.47 bits per heavy atom. The van der Waals surface area contributed by atoms with Crippen molar-refractivity contribution in [3.8, 4) is 5.75 Å². The van der Waals surface area contributed by atoms with Gasteiger partial charge in [0.1, 0.15) is 5.75 Å². The molecule has 1 aliphatic rings. The Labute approximate surface area is 199 Å². The van der Waals surface area contributed by atoms with E-state index >= 15 is 0 Å². The fraction of sp³-hybridized carbons (Fsp3) is 0.250. The third-order valence-electron chi connectivity index (χ3n) is 6.06. The Kier molecular flexibility index (Phi) is 7.07. The highest BCUT2D eigenvalue weighted by Crippen LogP contribution is 2.46. The van der Waals surface area contributed by atoms with Crippen LogP contribution in [-0.2, 0) is 14.3 Å². The first kappa shape index (κ1) is 23.2. The fourth-order valence-corrected chi connectivity index (χ4v) is 4.40. The monoisotopic (exact) mass is 456 g/mol. The topological polar surface area (TPSA) is 68.2 Å². The summed E-state index contributed by atoms with van der Waals surface area (Å²) in [6.07, 6.45) is 0.0520. The first-order chi connectivity index (χ1) is 16.5. The van der Waals surface area contributed by atoms with Gasteiger partial charge in [-0.3, -0.25) is 14.6 Å². The molecular weight excluding hydrogens is 428 g/mol. The van der Waals surface area contributed by atoms with Gasteiger partial charge in [-0.25, -0.2) is 0 Å². The van der Waals surface area contributed by atoms with E-state index in [-0.39, 0.29) is 30.4 Å². The Balaban J connectivity index is 1.78. The van der Waals surface area contributed by atoms with Crippen LogP contribution in [0.1, 0.15) is 42.1 Å². The van der Waals surface area contributed by atoms with E-state index < -0.39 is 6.04 Å². The maximum absolute atomic E-state index is 13.6. The van der Waals surface area contributed by atoms with Crippen LogP contribution >= 0.6 is 0 Å². The number of methoxy groups -OCH3 is 2. The maximum atomic E-state index is 13.6. The molecule has 0 bridgehead atoms. The smallest absolute Gasteiger partial charge is 0.311 e. The van der Waals surface area contributed by atoms with Crippen molar-refractivity contribution < 1.29 is 19.1 Å². The van der Waals surface area contributed by atoms with Crippen LogP contribution in [0, 0.1) is 0 Å². The second-order valence-electron chi connectivity index (χ2n) is 8.25. The third kappa shape index (κ3) is 4.71. The van der Waals surface area contributed by atoms with Crippen molar-refractivity contribution >= 4 is 17.6 Å². The van der Waals surface area contributed by atoms with E-state index in [1.165, 1.54) is 7.11 Å². The number of esters is 1. The average Bonchev–Trinajstić information content (AvgIpc) is 2.88. The van der Waals surface area contributed by atoms with Crippen molar-refractivity contribution in [1.82, 2.24) is 4.90 Å². The molecule has 0 aromatic heterocycles. The molecule has 34 heavy (non-hydrogen) atoms. The van der Waals surface area contributed by atoms with Crippen molar-refractivity contribution in [1.29, 1.82) is 0 Å². The van der Waals surface area contributed by atoms with Crippen molar-refractivity contribution in [3.63, 3.8) is 0 Å². The van der Waals surface area contributed by atoms with Gasteiger partial charge in [0.2, 0.25) is 0 Å². The number of carbonyl (C=O) groups is 2. The number of aliphatic imine (C=N–C) groups is 1. The third-order valence-corrected chi connectivity index (χ3v) is 6.06. The van der Waals surface area contributed by atoms with E-state index in [1.807, 2.05) is 89.8 Å². The number of benzene rings is 3. The van der Waals surface area contributed by atoms with Crippen molar-refractivity contribution in [2.75, 3.05) is 14.2 Å². The zero-order chi connectivity index (χ0) is 24.1. The molecule has 6 heteroatoms. The molecule has 2 atom stereocenters. The van der Waals surface area contributed by atoms with Gasteiger partial charge >= 0.3 is 5.97 Å². The van der Waals surface area contributed by atoms with E-state index in [1.54, 1.807) is 14.0 Å². The molecule has 6 nitrogen and oxygen atoms in total. The minimum atomic E-state index is -0.618. The molecule has 1 saturated heterocycles. The second kappa shape index (κ2) is 10.3. The normalized spacial score (nSPS) is 17.9. The minimum Gasteiger partial charge on any atom is -0.497 e. The molecule has 1 aliphatic heterocycles. The van der Waals surface area contributed by atoms with Gasteiger partial charge in [0, 0.05) is 5.71 Å². The first-order valence-electron chi connectivity index (χ1n) is 11.2. The lowest BCUT2D eigenvalue weighted by Gasteiger charge is -2.50. The number of β-lactam (4-membered cyclic amide) rings is 1. The number of hydrogen-bond acceptors (Lipinski definition) is 5. The molecule has 0 N–H and O–H groups in total.